The van der Waals surface area contributed by atoms with E-state index < -0.39 is 13.5 Å². The first-order valence-electron chi connectivity index (χ1n) is 10.9. The molecule has 0 aliphatic rings. The van der Waals surface area contributed by atoms with Gasteiger partial charge in [0.25, 0.3) is 0 Å². The van der Waals surface area contributed by atoms with Gasteiger partial charge in [-0.1, -0.05) is 171 Å². The largest absolute Gasteiger partial charge is 0.201 e. The maximum atomic E-state index is 6.20. The lowest BCUT2D eigenvalue weighted by atomic mass is 9.92. The molecule has 0 spiro atoms. The van der Waals surface area contributed by atoms with Gasteiger partial charge in [0.05, 0.1) is 11.8 Å². The lowest BCUT2D eigenvalue weighted by Crippen LogP contribution is -2.18. The van der Waals surface area contributed by atoms with Gasteiger partial charge in [0.15, 0.2) is 0 Å². The molecule has 0 nitrogen and oxygen atoms in total. The molecule has 0 aromatic heterocycles. The Morgan fingerprint density at radius 1 is 0.395 bits per heavy atom. The Bertz CT molecular complexity index is 1260. The standard InChI is InChI=1S/2C14H9Cl5/c15-11-5-1-9(2-6-11)13(14(17,18)19)10-3-7-12(16)8-4-10;15-10-7-5-9(6-8-10)13(14(17,18)19)11-3-1-2-4-12(11)16/h2*1-8,13H. The van der Waals surface area contributed by atoms with E-state index >= 15 is 0 Å². The number of alkyl halides is 6. The second-order valence-corrected chi connectivity index (χ2v) is 14.6. The van der Waals surface area contributed by atoms with Gasteiger partial charge in [-0.2, -0.15) is 0 Å². The van der Waals surface area contributed by atoms with E-state index in [9.17, 15) is 0 Å². The van der Waals surface area contributed by atoms with Gasteiger partial charge in [-0.15, -0.1) is 0 Å². The van der Waals surface area contributed by atoms with Crippen molar-refractivity contribution in [3.63, 3.8) is 0 Å². The van der Waals surface area contributed by atoms with Gasteiger partial charge < -0.3 is 0 Å². The Balaban J connectivity index is 0.000000211. The minimum absolute atomic E-state index is 0.382. The topological polar surface area (TPSA) is 0 Å². The van der Waals surface area contributed by atoms with Crippen molar-refractivity contribution in [2.24, 2.45) is 0 Å². The van der Waals surface area contributed by atoms with Crippen molar-refractivity contribution < 1.29 is 0 Å². The highest BCUT2D eigenvalue weighted by atomic mass is 35.6. The van der Waals surface area contributed by atoms with Crippen molar-refractivity contribution in [1.29, 1.82) is 0 Å². The highest BCUT2D eigenvalue weighted by molar-refractivity contribution is 6.68. The second kappa shape index (κ2) is 14.1. The molecule has 0 N–H and O–H groups in total. The molecule has 0 fully saturated rings. The minimum atomic E-state index is -1.50. The van der Waals surface area contributed by atoms with Crippen LogP contribution in [-0.2, 0) is 0 Å². The number of halogens is 10. The number of hydrogen-bond acceptors (Lipinski definition) is 0. The predicted molar refractivity (Wildman–Crippen MR) is 170 cm³/mol. The van der Waals surface area contributed by atoms with Gasteiger partial charge in [-0.25, -0.2) is 0 Å². The van der Waals surface area contributed by atoms with E-state index in [0.717, 1.165) is 22.3 Å². The molecule has 0 aliphatic heterocycles. The van der Waals surface area contributed by atoms with Crippen molar-refractivity contribution >= 4 is 116 Å². The maximum absolute atomic E-state index is 6.20. The average Bonchev–Trinajstić information content (AvgIpc) is 2.83. The summed E-state index contributed by atoms with van der Waals surface area (Å²) in [6, 6.07) is 29.0. The molecular weight excluding hydrogens is 691 g/mol. The zero-order valence-corrected chi connectivity index (χ0v) is 26.7. The molecule has 38 heavy (non-hydrogen) atoms. The van der Waals surface area contributed by atoms with E-state index in [1.807, 2.05) is 54.6 Å². The molecule has 0 amide bonds. The van der Waals surface area contributed by atoms with E-state index in [4.69, 9.17) is 116 Å². The van der Waals surface area contributed by atoms with Crippen molar-refractivity contribution in [1.82, 2.24) is 0 Å². The summed E-state index contributed by atoms with van der Waals surface area (Å²) >= 11 is 60.5. The van der Waals surface area contributed by atoms with Crippen LogP contribution in [0.25, 0.3) is 0 Å². The summed E-state index contributed by atoms with van der Waals surface area (Å²) in [6.45, 7) is 0. The molecule has 0 bridgehead atoms. The maximum Gasteiger partial charge on any atom is 0.201 e. The summed E-state index contributed by atoms with van der Waals surface area (Å²) < 4.78 is -2.96. The molecule has 10 heteroatoms. The van der Waals surface area contributed by atoms with Crippen LogP contribution in [0.2, 0.25) is 20.1 Å². The van der Waals surface area contributed by atoms with Crippen LogP contribution >= 0.6 is 116 Å². The van der Waals surface area contributed by atoms with Gasteiger partial charge in [-0.05, 0) is 64.7 Å². The van der Waals surface area contributed by atoms with Crippen LogP contribution in [0, 0.1) is 0 Å². The Kier molecular flexibility index (Phi) is 12.0. The van der Waals surface area contributed by atoms with Crippen molar-refractivity contribution in [2.45, 2.75) is 19.4 Å². The van der Waals surface area contributed by atoms with Crippen molar-refractivity contribution in [3.05, 3.63) is 139 Å². The Labute approximate surface area is 272 Å². The van der Waals surface area contributed by atoms with Crippen LogP contribution in [0.4, 0.5) is 0 Å². The molecule has 4 aromatic rings. The molecule has 1 atom stereocenters. The van der Waals surface area contributed by atoms with Crippen LogP contribution in [0.5, 0.6) is 0 Å². The molecular formula is C28H18Cl10. The van der Waals surface area contributed by atoms with Crippen LogP contribution in [0.15, 0.2) is 97.1 Å². The third-order valence-electron chi connectivity index (χ3n) is 5.48. The fourth-order valence-electron chi connectivity index (χ4n) is 3.79. The molecule has 1 unspecified atom stereocenters. The van der Waals surface area contributed by atoms with Crippen molar-refractivity contribution in [3.8, 4) is 0 Å². The SMILES string of the molecule is Clc1ccc(C(c2ccc(Cl)cc2)C(Cl)(Cl)Cl)cc1.Clc1ccc(C(c2ccccc2Cl)C(Cl)(Cl)Cl)cc1. The van der Waals surface area contributed by atoms with Crippen molar-refractivity contribution in [2.75, 3.05) is 0 Å². The van der Waals surface area contributed by atoms with Gasteiger partial charge in [0.2, 0.25) is 7.59 Å². The molecule has 4 rings (SSSR count). The first kappa shape index (κ1) is 32.3. The monoisotopic (exact) mass is 704 g/mol. The molecule has 0 aliphatic carbocycles. The first-order chi connectivity index (χ1) is 17.8. The van der Waals surface area contributed by atoms with Crippen LogP contribution < -0.4 is 0 Å². The summed E-state index contributed by atoms with van der Waals surface area (Å²) in [5, 5.41) is 2.48. The smallest absolute Gasteiger partial charge is 0.0843 e. The van der Waals surface area contributed by atoms with E-state index in [0.29, 0.717) is 20.1 Å². The average molecular weight is 709 g/mol. The molecule has 4 aromatic carbocycles. The number of rotatable bonds is 4. The summed E-state index contributed by atoms with van der Waals surface area (Å²) in [7, 11) is 0. The van der Waals surface area contributed by atoms with E-state index in [1.54, 1.807) is 42.5 Å². The van der Waals surface area contributed by atoms with E-state index in [-0.39, 0.29) is 5.92 Å². The van der Waals surface area contributed by atoms with Crippen LogP contribution in [0.3, 0.4) is 0 Å². The van der Waals surface area contributed by atoms with Gasteiger partial charge in [-0.3, -0.25) is 0 Å². The quantitative estimate of drug-likeness (QED) is 0.185. The summed E-state index contributed by atoms with van der Waals surface area (Å²) in [6.07, 6.45) is 0. The summed E-state index contributed by atoms with van der Waals surface area (Å²) in [4.78, 5) is 0. The fraction of sp³-hybridized carbons (Fsp3) is 0.143. The third-order valence-corrected chi connectivity index (χ3v) is 7.89. The number of hydrogen-bond donors (Lipinski definition) is 0. The molecule has 0 saturated carbocycles. The zero-order valence-electron chi connectivity index (χ0n) is 19.2. The van der Waals surface area contributed by atoms with Crippen LogP contribution in [-0.4, -0.2) is 7.59 Å². The number of benzene rings is 4. The molecule has 200 valence electrons. The summed E-state index contributed by atoms with van der Waals surface area (Å²) in [5.74, 6) is -0.838. The van der Waals surface area contributed by atoms with E-state index in [2.05, 4.69) is 0 Å². The molecule has 0 heterocycles. The molecule has 0 radical (unpaired) electrons. The lowest BCUT2D eigenvalue weighted by molar-refractivity contribution is 0.839. The van der Waals surface area contributed by atoms with Crippen LogP contribution in [0.1, 0.15) is 34.1 Å². The highest BCUT2D eigenvalue weighted by Crippen LogP contribution is 2.48. The van der Waals surface area contributed by atoms with E-state index in [1.165, 1.54) is 0 Å². The minimum Gasteiger partial charge on any atom is -0.0843 e. The Hall–Kier alpha value is -0.220. The first-order valence-corrected chi connectivity index (χ1v) is 14.7. The molecule has 0 saturated heterocycles. The fourth-order valence-corrected chi connectivity index (χ4v) is 5.90. The predicted octanol–water partition coefficient (Wildman–Crippen LogP) is 13.0. The van der Waals surface area contributed by atoms with Gasteiger partial charge in [0, 0.05) is 20.1 Å². The third kappa shape index (κ3) is 9.15. The normalized spacial score (nSPS) is 12.6. The van der Waals surface area contributed by atoms with Gasteiger partial charge in [0.1, 0.15) is 0 Å². The highest BCUT2D eigenvalue weighted by Gasteiger charge is 2.36. The Morgan fingerprint density at radius 3 is 1.03 bits per heavy atom. The van der Waals surface area contributed by atoms with Gasteiger partial charge >= 0.3 is 0 Å². The Morgan fingerprint density at radius 2 is 0.711 bits per heavy atom. The lowest BCUT2D eigenvalue weighted by Gasteiger charge is -2.26. The summed E-state index contributed by atoms with van der Waals surface area (Å²) in [5.41, 5.74) is 3.38. The second-order valence-electron chi connectivity index (χ2n) is 8.13. The zero-order chi connectivity index (χ0) is 28.1.